The molecule has 0 saturated carbocycles. The van der Waals surface area contributed by atoms with Gasteiger partial charge in [0.25, 0.3) is 0 Å². The number of carbonyl (C=O) groups excluding carboxylic acids is 1. The molecular formula is C32H33NO5. The summed E-state index contributed by atoms with van der Waals surface area (Å²) < 4.78 is 17.7. The Kier molecular flexibility index (Phi) is 7.89. The first-order valence-electron chi connectivity index (χ1n) is 13.2. The van der Waals surface area contributed by atoms with Crippen LogP contribution in [0.5, 0.6) is 17.2 Å². The van der Waals surface area contributed by atoms with Crippen LogP contribution >= 0.6 is 0 Å². The minimum Gasteiger partial charge on any atom is -0.490 e. The molecule has 0 aliphatic carbocycles. The summed E-state index contributed by atoms with van der Waals surface area (Å²) in [5.74, 6) is 2.27. The molecule has 196 valence electrons. The zero-order chi connectivity index (χ0) is 26.5. The van der Waals surface area contributed by atoms with Gasteiger partial charge >= 0.3 is 5.63 Å². The second kappa shape index (κ2) is 11.7. The Morgan fingerprint density at radius 2 is 1.68 bits per heavy atom. The quantitative estimate of drug-likeness (QED) is 0.253. The number of piperidine rings is 1. The van der Waals surface area contributed by atoms with E-state index in [-0.39, 0.29) is 18.3 Å². The number of aryl methyl sites for hydroxylation is 2. The summed E-state index contributed by atoms with van der Waals surface area (Å²) in [7, 11) is 2.12. The van der Waals surface area contributed by atoms with Gasteiger partial charge < -0.3 is 18.8 Å². The molecule has 0 bridgehead atoms. The van der Waals surface area contributed by atoms with Crippen molar-refractivity contribution in [2.75, 3.05) is 20.1 Å². The third-order valence-electron chi connectivity index (χ3n) is 7.11. The maximum absolute atomic E-state index is 12.7. The number of nitrogens with zero attached hydrogens (tertiary/aromatic N) is 1. The first-order chi connectivity index (χ1) is 18.4. The van der Waals surface area contributed by atoms with Gasteiger partial charge in [-0.1, -0.05) is 30.3 Å². The third kappa shape index (κ3) is 6.32. The van der Waals surface area contributed by atoms with Gasteiger partial charge in [0.2, 0.25) is 0 Å². The van der Waals surface area contributed by atoms with E-state index in [2.05, 4.69) is 11.9 Å². The lowest BCUT2D eigenvalue weighted by molar-refractivity contribution is -0.118. The fourth-order valence-corrected chi connectivity index (χ4v) is 4.82. The zero-order valence-corrected chi connectivity index (χ0v) is 21.9. The number of carbonyl (C=O) groups is 1. The molecule has 6 nitrogen and oxygen atoms in total. The molecule has 0 atom stereocenters. The number of hydrogen-bond acceptors (Lipinski definition) is 6. The SMILES string of the molecule is Cc1c(OC2CCN(C)CC2)ccc2cc(CC(=O)CCc3ccc(Oc4ccccc4)cc3)c(=O)oc12. The minimum atomic E-state index is -0.465. The maximum Gasteiger partial charge on any atom is 0.339 e. The van der Waals surface area contributed by atoms with Gasteiger partial charge in [0, 0.05) is 42.4 Å². The molecule has 0 amide bonds. The number of ketones is 1. The number of fused-ring (bicyclic) bond motifs is 1. The Morgan fingerprint density at radius 1 is 0.974 bits per heavy atom. The van der Waals surface area contributed by atoms with Crippen molar-refractivity contribution < 1.29 is 18.7 Å². The van der Waals surface area contributed by atoms with E-state index in [1.807, 2.05) is 73.7 Å². The molecule has 0 spiro atoms. The number of ether oxygens (including phenoxy) is 2. The van der Waals surface area contributed by atoms with Crippen molar-refractivity contribution in [1.29, 1.82) is 0 Å². The summed E-state index contributed by atoms with van der Waals surface area (Å²) in [6, 6.07) is 22.9. The standard InChI is InChI=1S/C32H33NO5/c1-22-30(37-29-16-18-33(2)19-17-29)15-11-24-20-25(32(35)38-31(22)24)21-26(34)12-8-23-9-13-28(14-10-23)36-27-6-4-3-5-7-27/h3-7,9-11,13-15,20,29H,8,12,16-19,21H2,1-2H3. The average Bonchev–Trinajstić information content (AvgIpc) is 2.93. The largest absolute Gasteiger partial charge is 0.490 e. The van der Waals surface area contributed by atoms with Crippen molar-refractivity contribution in [3.63, 3.8) is 0 Å². The Labute approximate surface area is 222 Å². The van der Waals surface area contributed by atoms with Gasteiger partial charge in [-0.25, -0.2) is 4.79 Å². The van der Waals surface area contributed by atoms with Crippen LogP contribution in [0.3, 0.4) is 0 Å². The molecule has 1 aromatic heterocycles. The van der Waals surface area contributed by atoms with Crippen LogP contribution in [-0.4, -0.2) is 36.9 Å². The topological polar surface area (TPSA) is 69.0 Å². The second-order valence-corrected chi connectivity index (χ2v) is 10.1. The van der Waals surface area contributed by atoms with Gasteiger partial charge in [0.15, 0.2) is 0 Å². The van der Waals surface area contributed by atoms with Crippen molar-refractivity contribution in [3.05, 3.63) is 99.9 Å². The molecule has 6 heteroatoms. The number of para-hydroxylation sites is 1. The lowest BCUT2D eigenvalue weighted by atomic mass is 10.0. The molecule has 4 aromatic rings. The van der Waals surface area contributed by atoms with Crippen molar-refractivity contribution in [2.24, 2.45) is 0 Å². The normalized spacial score (nSPS) is 14.5. The highest BCUT2D eigenvalue weighted by atomic mass is 16.5. The predicted octanol–water partition coefficient (Wildman–Crippen LogP) is 6.11. The highest BCUT2D eigenvalue weighted by molar-refractivity contribution is 5.85. The molecule has 38 heavy (non-hydrogen) atoms. The van der Waals surface area contributed by atoms with Gasteiger partial charge in [-0.2, -0.15) is 0 Å². The Hall–Kier alpha value is -3.90. The van der Waals surface area contributed by atoms with Crippen LogP contribution in [0.2, 0.25) is 0 Å². The average molecular weight is 512 g/mol. The Balaban J connectivity index is 1.19. The van der Waals surface area contributed by atoms with Crippen LogP contribution in [0.15, 0.2) is 82.0 Å². The van der Waals surface area contributed by atoms with Crippen molar-refractivity contribution in [2.45, 2.75) is 45.1 Å². The third-order valence-corrected chi connectivity index (χ3v) is 7.11. The van der Waals surface area contributed by atoms with Gasteiger partial charge in [-0.3, -0.25) is 4.79 Å². The van der Waals surface area contributed by atoms with E-state index in [1.54, 1.807) is 6.07 Å². The van der Waals surface area contributed by atoms with E-state index in [9.17, 15) is 9.59 Å². The summed E-state index contributed by atoms with van der Waals surface area (Å²) in [6.45, 7) is 3.94. The molecule has 5 rings (SSSR count). The highest BCUT2D eigenvalue weighted by Gasteiger charge is 2.20. The van der Waals surface area contributed by atoms with Crippen molar-refractivity contribution >= 4 is 16.8 Å². The molecule has 1 aliphatic rings. The van der Waals surface area contributed by atoms with E-state index in [1.165, 1.54) is 0 Å². The number of rotatable bonds is 9. The van der Waals surface area contributed by atoms with E-state index < -0.39 is 5.63 Å². The maximum atomic E-state index is 12.7. The van der Waals surface area contributed by atoms with Crippen molar-refractivity contribution in [1.82, 2.24) is 4.90 Å². The fourth-order valence-electron chi connectivity index (χ4n) is 4.82. The van der Waals surface area contributed by atoms with Crippen LogP contribution in [0.4, 0.5) is 0 Å². The molecule has 0 N–H and O–H groups in total. The van der Waals surface area contributed by atoms with Crippen LogP contribution in [0.1, 0.15) is 36.0 Å². The Bertz CT molecular complexity index is 1450. The summed E-state index contributed by atoms with van der Waals surface area (Å²) in [4.78, 5) is 27.8. The van der Waals surface area contributed by atoms with Crippen LogP contribution < -0.4 is 15.1 Å². The molecular weight excluding hydrogens is 478 g/mol. The molecule has 0 unspecified atom stereocenters. The number of likely N-dealkylation sites (tertiary alicyclic amines) is 1. The molecule has 2 heterocycles. The summed E-state index contributed by atoms with van der Waals surface area (Å²) >= 11 is 0. The van der Waals surface area contributed by atoms with Crippen LogP contribution in [0, 0.1) is 6.92 Å². The van der Waals surface area contributed by atoms with E-state index in [0.29, 0.717) is 24.0 Å². The molecule has 1 saturated heterocycles. The first-order valence-corrected chi connectivity index (χ1v) is 13.2. The van der Waals surface area contributed by atoms with Gasteiger partial charge in [0.05, 0.1) is 0 Å². The van der Waals surface area contributed by atoms with Crippen LogP contribution in [-0.2, 0) is 17.6 Å². The summed E-state index contributed by atoms with van der Waals surface area (Å²) in [5, 5.41) is 0.801. The van der Waals surface area contributed by atoms with Crippen molar-refractivity contribution in [3.8, 4) is 17.2 Å². The fraction of sp³-hybridized carbons (Fsp3) is 0.312. The van der Waals surface area contributed by atoms with Gasteiger partial charge in [0.1, 0.15) is 34.7 Å². The number of hydrogen-bond donors (Lipinski definition) is 0. The van der Waals surface area contributed by atoms with Crippen LogP contribution in [0.25, 0.3) is 11.0 Å². The van der Waals surface area contributed by atoms with Gasteiger partial charge in [-0.15, -0.1) is 0 Å². The van der Waals surface area contributed by atoms with E-state index >= 15 is 0 Å². The lowest BCUT2D eigenvalue weighted by Gasteiger charge is -2.29. The van der Waals surface area contributed by atoms with E-state index in [0.717, 1.165) is 59.7 Å². The minimum absolute atomic E-state index is 0.000189. The lowest BCUT2D eigenvalue weighted by Crippen LogP contribution is -2.35. The molecule has 3 aromatic carbocycles. The first kappa shape index (κ1) is 25.7. The monoisotopic (exact) mass is 511 g/mol. The molecule has 1 fully saturated rings. The summed E-state index contributed by atoms with van der Waals surface area (Å²) in [6.07, 6.45) is 3.12. The zero-order valence-electron chi connectivity index (χ0n) is 21.9. The number of Topliss-reactive ketones (excluding diaryl/α,β-unsaturated/α-hetero) is 1. The molecule has 1 aliphatic heterocycles. The van der Waals surface area contributed by atoms with Gasteiger partial charge in [-0.05, 0) is 81.3 Å². The molecule has 0 radical (unpaired) electrons. The van der Waals surface area contributed by atoms with E-state index in [4.69, 9.17) is 13.9 Å². The second-order valence-electron chi connectivity index (χ2n) is 10.1. The predicted molar refractivity (Wildman–Crippen MR) is 148 cm³/mol. The smallest absolute Gasteiger partial charge is 0.339 e. The highest BCUT2D eigenvalue weighted by Crippen LogP contribution is 2.29. The number of benzene rings is 3. The summed E-state index contributed by atoms with van der Waals surface area (Å²) in [5.41, 5.74) is 2.30. The Morgan fingerprint density at radius 3 is 2.42 bits per heavy atom.